The van der Waals surface area contributed by atoms with Crippen LogP contribution in [0.15, 0.2) is 166 Å². The van der Waals surface area contributed by atoms with E-state index in [1.807, 2.05) is 193 Å². The lowest BCUT2D eigenvalue weighted by Crippen LogP contribution is -2.32. The Balaban J connectivity index is -0.00000128. The van der Waals surface area contributed by atoms with E-state index in [0.717, 1.165) is 140 Å². The number of nitrogens with two attached hydrogens (primary N) is 5. The summed E-state index contributed by atoms with van der Waals surface area (Å²) in [5, 5.41) is 9.97. The number of carbonyl (C=O) groups excluding carboxylic acids is 4. The number of alkyl halides is 1. The zero-order chi connectivity index (χ0) is 82.0. The van der Waals surface area contributed by atoms with Gasteiger partial charge in [-0.25, -0.2) is 0 Å². The fourth-order valence-electron chi connectivity index (χ4n) is 9.61. The number of hydrogen-bond donors (Lipinski definition) is 8. The van der Waals surface area contributed by atoms with E-state index in [0.29, 0.717) is 50.1 Å². The lowest BCUT2D eigenvalue weighted by molar-refractivity contribution is -0.195. The van der Waals surface area contributed by atoms with E-state index in [2.05, 4.69) is 67.2 Å². The van der Waals surface area contributed by atoms with Gasteiger partial charge < -0.3 is 74.8 Å². The lowest BCUT2D eigenvalue weighted by atomic mass is 10.1. The molecule has 0 fully saturated rings. The molecule has 112 heavy (non-hydrogen) atoms. The van der Waals surface area contributed by atoms with E-state index in [9.17, 15) is 19.2 Å². The number of ether oxygens (including phenoxy) is 10. The first-order valence-corrected chi connectivity index (χ1v) is 38.2. The number of halogens is 2. The molecule has 2 amide bonds. The molecule has 0 saturated carbocycles. The first-order valence-electron chi connectivity index (χ1n) is 34.9. The van der Waals surface area contributed by atoms with E-state index < -0.39 is 11.9 Å². The average molecular weight is 1710 g/mol. The van der Waals surface area contributed by atoms with Crippen molar-refractivity contribution in [3.8, 4) is 51.7 Å². The smallest absolute Gasteiger partial charge is 0.310 e. The Hall–Kier alpha value is -7.84. The molecular weight excluding hydrogens is 1590 g/mol. The number of hydrogen-bond acceptors (Lipinski definition) is 29. The molecule has 0 aromatic heterocycles. The van der Waals surface area contributed by atoms with Gasteiger partial charge in [-0.1, -0.05) is 90.1 Å². The van der Waals surface area contributed by atoms with Crippen molar-refractivity contribution < 1.29 is 95.9 Å². The quantitative estimate of drug-likeness (QED) is 0.00339. The molecule has 0 bridgehead atoms. The highest BCUT2D eigenvalue weighted by atomic mass is 79.9. The van der Waals surface area contributed by atoms with Crippen LogP contribution in [0.1, 0.15) is 113 Å². The van der Waals surface area contributed by atoms with E-state index in [1.54, 1.807) is 35.5 Å². The summed E-state index contributed by atoms with van der Waals surface area (Å²) in [6.07, 6.45) is 4.10. The number of esters is 2. The van der Waals surface area contributed by atoms with Crippen LogP contribution in [-0.4, -0.2) is 128 Å². The van der Waals surface area contributed by atoms with Gasteiger partial charge in [0.15, 0.2) is 23.0 Å². The van der Waals surface area contributed by atoms with Crippen LogP contribution >= 0.6 is 64.5 Å². The van der Waals surface area contributed by atoms with Gasteiger partial charge in [0, 0.05) is 71.2 Å². The Morgan fingerprint density at radius 1 is 0.420 bits per heavy atom. The summed E-state index contributed by atoms with van der Waals surface area (Å²) in [7, 11) is 8.09. The lowest BCUT2D eigenvalue weighted by Gasteiger charge is -2.16. The fourth-order valence-corrected chi connectivity index (χ4v) is 11.4. The molecule has 0 heterocycles. The molecule has 5 atom stereocenters. The normalized spacial score (nSPS) is 11.3. The number of carbonyl (C=O) groups is 4. The first kappa shape index (κ1) is 106. The van der Waals surface area contributed by atoms with Crippen LogP contribution in [0, 0.1) is 0 Å². The molecule has 0 aliphatic carbocycles. The van der Waals surface area contributed by atoms with Gasteiger partial charge in [-0.05, 0) is 193 Å². The van der Waals surface area contributed by atoms with Crippen LogP contribution in [0.5, 0.6) is 51.7 Å². The predicted octanol–water partition coefficient (Wildman–Crippen LogP) is 14.1. The van der Waals surface area contributed by atoms with Crippen molar-refractivity contribution in [1.29, 1.82) is 0 Å². The van der Waals surface area contributed by atoms with Crippen molar-refractivity contribution >= 4 is 88.2 Å². The number of benzene rings is 7. The van der Waals surface area contributed by atoms with Gasteiger partial charge in [-0.3, -0.25) is 19.2 Å². The van der Waals surface area contributed by atoms with E-state index in [4.69, 9.17) is 76.1 Å². The molecule has 0 saturated heterocycles. The molecule has 0 radical (unpaired) electrons. The number of para-hydroxylation sites is 4. The van der Waals surface area contributed by atoms with Gasteiger partial charge >= 0.3 is 11.9 Å². The van der Waals surface area contributed by atoms with Crippen LogP contribution in [0.4, 0.5) is 0 Å². The predicted molar refractivity (Wildman–Crippen MR) is 450 cm³/mol. The van der Waals surface area contributed by atoms with Crippen molar-refractivity contribution in [3.05, 3.63) is 179 Å². The molecule has 7 aromatic rings. The topological polar surface area (TPSA) is 382 Å². The highest BCUT2D eigenvalue weighted by Gasteiger charge is 2.14. The minimum atomic E-state index is -0.562. The average Bonchev–Trinajstić information content (AvgIpc) is 0.880. The Labute approximate surface area is 690 Å². The van der Waals surface area contributed by atoms with Crippen LogP contribution in [0.3, 0.4) is 0 Å². The van der Waals surface area contributed by atoms with Crippen LogP contribution < -0.4 is 87.7 Å². The van der Waals surface area contributed by atoms with Gasteiger partial charge in [0.1, 0.15) is 35.4 Å². The standard InChI is InChI=1S/C20H28N2O5S.C12H18N2O4S.C12H17NO2.C10H13BrO2.C10H16N2O3S.C10H15NO.C4H6O3.CH4.ClH.H2/c1-4-24-17-7-5-6-8-18(17)25-12-11-22-15(2)13-16-9-10-19(23-3)20(14-16)28-27-26-21;1-8(14-9(2)15)6-10-4-5-11(16-3)12(7-10)19-18-17-13;1-9(13-10(2)14)8-11-4-6-12(15-3)7-5-11;1-2-12-9-5-3-4-6-10(9)13-8-7-11;1-7(11)5-8-3-4-9(13-2)10(6-8)16-15-14-12;1-8(11)7-9-3-5-10(12-2)6-4-9;1-3(5)7-4(2)6;;;/h5-10,14-15,22H,4,11-13,21H2,1-3H3;4-5,7-8H,6,13H2,1-3H3,(H,14,15);4-7,9H,8H2,1-3H3,(H,13,14);3-6H,2,7-8H2,1H3;3-4,6-7H,5,11-12H2,1-2H3;3-6,8H,7,11H2,1-2H3;1-2H3;1H4;2*1H/t15-;8-;9-;;7-;8-;;;;/m111.11..../s1/i;;;;;;;;;1+1. The zero-order valence-corrected chi connectivity index (χ0v) is 71.0. The van der Waals surface area contributed by atoms with Gasteiger partial charge in [0.05, 0.1) is 106 Å². The van der Waals surface area contributed by atoms with E-state index >= 15 is 0 Å². The Morgan fingerprint density at radius 3 is 1.02 bits per heavy atom. The summed E-state index contributed by atoms with van der Waals surface area (Å²) in [5.41, 5.74) is 17.1. The zero-order valence-electron chi connectivity index (χ0n) is 66.2. The van der Waals surface area contributed by atoms with Crippen LogP contribution in [-0.2, 0) is 84.0 Å². The molecule has 28 nitrogen and oxygen atoms in total. The molecule has 0 unspecified atom stereocenters. The van der Waals surface area contributed by atoms with Crippen molar-refractivity contribution in [2.75, 3.05) is 73.9 Å². The monoisotopic (exact) mass is 1710 g/mol. The summed E-state index contributed by atoms with van der Waals surface area (Å²) >= 11 is 6.28. The van der Waals surface area contributed by atoms with E-state index in [1.165, 1.54) is 38.8 Å². The first-order chi connectivity index (χ1) is 52.7. The van der Waals surface area contributed by atoms with Crippen LogP contribution in [0.25, 0.3) is 0 Å². The van der Waals surface area contributed by atoms with Crippen LogP contribution in [0.2, 0.25) is 0 Å². The highest BCUT2D eigenvalue weighted by Crippen LogP contribution is 2.34. The molecule has 33 heteroatoms. The molecule has 0 aliphatic heterocycles. The minimum absolute atomic E-state index is 0. The second-order valence-corrected chi connectivity index (χ2v) is 26.7. The molecule has 7 aromatic carbocycles. The molecule has 13 N–H and O–H groups in total. The number of methoxy groups -OCH3 is 5. The van der Waals surface area contributed by atoms with E-state index in [-0.39, 0.29) is 63.3 Å². The Morgan fingerprint density at radius 2 is 0.723 bits per heavy atom. The summed E-state index contributed by atoms with van der Waals surface area (Å²) in [5.74, 6) is 20.3. The van der Waals surface area contributed by atoms with Gasteiger partial charge in [0.25, 0.3) is 0 Å². The maximum atomic E-state index is 11.0. The third kappa shape index (κ3) is 50.3. The molecule has 7 rings (SSSR count). The van der Waals surface area contributed by atoms with Gasteiger partial charge in [0.2, 0.25) is 11.8 Å². The maximum Gasteiger partial charge on any atom is 0.310 e. The van der Waals surface area contributed by atoms with Crippen molar-refractivity contribution in [1.82, 2.24) is 16.0 Å². The third-order valence-electron chi connectivity index (χ3n) is 13.9. The molecule has 0 aliphatic rings. The molecule has 628 valence electrons. The molecule has 0 spiro atoms. The third-order valence-corrected chi connectivity index (χ3v) is 16.2. The summed E-state index contributed by atoms with van der Waals surface area (Å²) in [4.78, 5) is 56.0. The summed E-state index contributed by atoms with van der Waals surface area (Å²) < 4.78 is 66.0. The maximum absolute atomic E-state index is 11.0. The summed E-state index contributed by atoms with van der Waals surface area (Å²) in [6, 6.07) is 49.4. The largest absolute Gasteiger partial charge is 0.497 e. The van der Waals surface area contributed by atoms with Crippen molar-refractivity contribution in [2.45, 2.75) is 161 Å². The highest BCUT2D eigenvalue weighted by molar-refractivity contribution is 9.09. The second-order valence-electron chi connectivity index (χ2n) is 23.7. The number of amides is 2. The molecular formula is C79H120BrClN8O20S3. The van der Waals surface area contributed by atoms with Gasteiger partial charge in [-0.15, -0.1) is 40.4 Å². The van der Waals surface area contributed by atoms with Gasteiger partial charge in [-0.2, -0.15) is 17.7 Å². The second kappa shape index (κ2) is 65.5. The minimum Gasteiger partial charge on any atom is -0.497 e. The summed E-state index contributed by atoms with van der Waals surface area (Å²) in [6.45, 7) is 22.5. The fraction of sp³-hybridized carbons (Fsp3) is 0.418. The van der Waals surface area contributed by atoms with Crippen molar-refractivity contribution in [3.63, 3.8) is 0 Å². The van der Waals surface area contributed by atoms with Crippen molar-refractivity contribution in [2.24, 2.45) is 29.2 Å². The number of nitrogens with one attached hydrogen (secondary N) is 3. The SMILES string of the molecule is C.CC(=O)OC(C)=O.CCOc1ccccc1OCCBr.CCOc1ccccc1OCCN[C@H](C)Cc1ccc(OC)c(SOON)c1.COc1ccc(C[C@@H](C)N)cc1.COc1ccc(C[C@@H](C)N)cc1SOON.COc1ccc(C[C@@H](C)NC(C)=O)cc1.COc1ccc(C[C@@H](C)NC(C)=O)cc1SOON.Cl.[2HH]. The Bertz CT molecular complexity index is 3640. The number of rotatable bonds is 38. The Kier molecular flexibility index (Phi) is 62.2.